The second-order valence-electron chi connectivity index (χ2n) is 3.06. The Hall–Kier alpha value is 1.60. The van der Waals surface area contributed by atoms with Gasteiger partial charge in [-0.05, 0) is 19.8 Å². The van der Waals surface area contributed by atoms with E-state index in [0.29, 0.717) is 0 Å². The number of aliphatic hydroxyl groups is 1. The van der Waals surface area contributed by atoms with Gasteiger partial charge in [-0.15, -0.1) is 0 Å². The molecule has 0 unspecified atom stereocenters. The van der Waals surface area contributed by atoms with Crippen LogP contribution >= 0.6 is 0 Å². The summed E-state index contributed by atoms with van der Waals surface area (Å²) in [5, 5.41) is 9.37. The molecular weight excluding hydrogens is 139 g/mol. The van der Waals surface area contributed by atoms with E-state index in [1.165, 1.54) is 19.3 Å². The first-order valence-electron chi connectivity index (χ1n) is 3.43. The van der Waals surface area contributed by atoms with E-state index in [1.807, 2.05) is 6.92 Å². The number of hydrogen-bond acceptors (Lipinski definition) is 1. The molecule has 0 aromatic carbocycles. The Morgan fingerprint density at radius 2 is 1.56 bits per heavy atom. The van der Waals surface area contributed by atoms with Crippen LogP contribution in [0.25, 0.3) is 0 Å². The Morgan fingerprint density at radius 3 is 1.78 bits per heavy atom. The Balaban J connectivity index is 0.000000640. The van der Waals surface area contributed by atoms with Crippen molar-refractivity contribution in [3.8, 4) is 0 Å². The van der Waals surface area contributed by atoms with Crippen LogP contribution in [-0.4, -0.2) is 62.1 Å². The molecule has 0 aliphatic heterocycles. The van der Waals surface area contributed by atoms with Gasteiger partial charge in [-0.1, -0.05) is 19.3 Å². The molecule has 2 heteroatoms. The fraction of sp³-hybridized carbons (Fsp3) is 1.00. The van der Waals surface area contributed by atoms with Gasteiger partial charge in [0.25, 0.3) is 0 Å². The van der Waals surface area contributed by atoms with E-state index in [1.54, 1.807) is 0 Å². The minimum atomic E-state index is -0.321. The third-order valence-electron chi connectivity index (χ3n) is 1.93. The van der Waals surface area contributed by atoms with E-state index in [-0.39, 0.29) is 57.0 Å². The molecule has 0 radical (unpaired) electrons. The topological polar surface area (TPSA) is 20.2 Å². The van der Waals surface area contributed by atoms with Crippen molar-refractivity contribution < 1.29 is 5.11 Å². The fourth-order valence-corrected chi connectivity index (χ4v) is 1.31. The Morgan fingerprint density at radius 1 is 1.11 bits per heavy atom. The van der Waals surface area contributed by atoms with Crippen molar-refractivity contribution >= 4 is 51.4 Å². The quantitative estimate of drug-likeness (QED) is 0.517. The Labute approximate surface area is 99.6 Å². The summed E-state index contributed by atoms with van der Waals surface area (Å²) in [6.07, 6.45) is 5.76. The molecule has 0 heterocycles. The van der Waals surface area contributed by atoms with Crippen LogP contribution < -0.4 is 0 Å². The van der Waals surface area contributed by atoms with Gasteiger partial charge in [0.1, 0.15) is 0 Å². The summed E-state index contributed by atoms with van der Waals surface area (Å²) in [5.74, 6) is 0. The summed E-state index contributed by atoms with van der Waals surface area (Å²) in [7, 11) is 0. The minimum absolute atomic E-state index is 0. The second kappa shape index (κ2) is 4.47. The molecular formula is C7H15KO. The standard InChI is InChI=1S/C7H14O.K.H/c1-7(8)5-3-2-4-6-7;;/h8H,2-6H2,1H3;;. The zero-order chi connectivity index (χ0) is 6.04. The molecule has 1 aliphatic carbocycles. The van der Waals surface area contributed by atoms with Gasteiger partial charge >= 0.3 is 51.4 Å². The molecule has 0 aromatic rings. The monoisotopic (exact) mass is 154 g/mol. The molecule has 1 N–H and O–H groups in total. The molecule has 0 bridgehead atoms. The maximum absolute atomic E-state index is 9.37. The molecule has 0 atom stereocenters. The Kier molecular flexibility index (Phi) is 5.26. The van der Waals surface area contributed by atoms with E-state index in [4.69, 9.17) is 0 Å². The summed E-state index contributed by atoms with van der Waals surface area (Å²) in [6, 6.07) is 0. The molecule has 0 aromatic heterocycles. The molecule has 0 saturated heterocycles. The average Bonchev–Trinajstić information content (AvgIpc) is 1.65. The summed E-state index contributed by atoms with van der Waals surface area (Å²) in [5.41, 5.74) is -0.321. The van der Waals surface area contributed by atoms with Crippen molar-refractivity contribution in [2.75, 3.05) is 0 Å². The zero-order valence-corrected chi connectivity index (χ0v) is 5.48. The van der Waals surface area contributed by atoms with E-state index < -0.39 is 0 Å². The van der Waals surface area contributed by atoms with Crippen LogP contribution in [0.3, 0.4) is 0 Å². The van der Waals surface area contributed by atoms with Crippen molar-refractivity contribution in [2.45, 2.75) is 44.6 Å². The van der Waals surface area contributed by atoms with Crippen molar-refractivity contribution in [1.29, 1.82) is 0 Å². The van der Waals surface area contributed by atoms with Crippen LogP contribution in [0.15, 0.2) is 0 Å². The summed E-state index contributed by atoms with van der Waals surface area (Å²) in [4.78, 5) is 0. The molecule has 1 rings (SSSR count). The second-order valence-corrected chi connectivity index (χ2v) is 3.06. The number of rotatable bonds is 0. The molecule has 0 spiro atoms. The third kappa shape index (κ3) is 4.12. The van der Waals surface area contributed by atoms with E-state index in [0.717, 1.165) is 12.8 Å². The molecule has 1 saturated carbocycles. The van der Waals surface area contributed by atoms with Gasteiger partial charge in [0.05, 0.1) is 5.60 Å². The first kappa shape index (κ1) is 10.6. The zero-order valence-electron chi connectivity index (χ0n) is 5.48. The third-order valence-corrected chi connectivity index (χ3v) is 1.93. The normalized spacial score (nSPS) is 24.7. The summed E-state index contributed by atoms with van der Waals surface area (Å²) in [6.45, 7) is 1.94. The molecule has 1 nitrogen and oxygen atoms in total. The van der Waals surface area contributed by atoms with Gasteiger partial charge in [0.15, 0.2) is 0 Å². The van der Waals surface area contributed by atoms with Crippen LogP contribution in [0.5, 0.6) is 0 Å². The van der Waals surface area contributed by atoms with Crippen LogP contribution in [-0.2, 0) is 0 Å². The summed E-state index contributed by atoms with van der Waals surface area (Å²) < 4.78 is 0. The first-order chi connectivity index (χ1) is 3.71. The molecule has 1 aliphatic rings. The average molecular weight is 154 g/mol. The first-order valence-corrected chi connectivity index (χ1v) is 3.43. The van der Waals surface area contributed by atoms with Crippen LogP contribution in [0, 0.1) is 0 Å². The molecule has 50 valence electrons. The molecule has 9 heavy (non-hydrogen) atoms. The van der Waals surface area contributed by atoms with Crippen LogP contribution in [0.1, 0.15) is 39.0 Å². The van der Waals surface area contributed by atoms with Gasteiger partial charge in [-0.3, -0.25) is 0 Å². The van der Waals surface area contributed by atoms with Crippen molar-refractivity contribution in [2.24, 2.45) is 0 Å². The van der Waals surface area contributed by atoms with Crippen LogP contribution in [0.4, 0.5) is 0 Å². The molecule has 1 fully saturated rings. The predicted molar refractivity (Wildman–Crippen MR) is 40.9 cm³/mol. The Bertz CT molecular complexity index is 73.0. The maximum atomic E-state index is 9.37. The van der Waals surface area contributed by atoms with Gasteiger partial charge < -0.3 is 5.11 Å². The van der Waals surface area contributed by atoms with Gasteiger partial charge in [0, 0.05) is 0 Å². The van der Waals surface area contributed by atoms with Gasteiger partial charge in [0.2, 0.25) is 0 Å². The van der Waals surface area contributed by atoms with Crippen molar-refractivity contribution in [1.82, 2.24) is 0 Å². The molecule has 0 amide bonds. The van der Waals surface area contributed by atoms with E-state index in [9.17, 15) is 5.11 Å². The van der Waals surface area contributed by atoms with Gasteiger partial charge in [-0.2, -0.15) is 0 Å². The SMILES string of the molecule is CC1(O)CCCCC1.[KH]. The van der Waals surface area contributed by atoms with E-state index in [2.05, 4.69) is 0 Å². The predicted octanol–water partition coefficient (Wildman–Crippen LogP) is 1.05. The summed E-state index contributed by atoms with van der Waals surface area (Å²) >= 11 is 0. The fourth-order valence-electron chi connectivity index (χ4n) is 1.31. The van der Waals surface area contributed by atoms with Crippen LogP contribution in [0.2, 0.25) is 0 Å². The van der Waals surface area contributed by atoms with Crippen molar-refractivity contribution in [3.05, 3.63) is 0 Å². The van der Waals surface area contributed by atoms with Gasteiger partial charge in [-0.25, -0.2) is 0 Å². The van der Waals surface area contributed by atoms with Crippen molar-refractivity contribution in [3.63, 3.8) is 0 Å². The van der Waals surface area contributed by atoms with E-state index >= 15 is 0 Å². The number of hydrogen-bond donors (Lipinski definition) is 1.